The molecule has 2 aromatic heterocycles. The highest BCUT2D eigenvalue weighted by atomic mass is 16.4. The first-order valence-corrected chi connectivity index (χ1v) is 7.11. The molecule has 112 valence electrons. The second-order valence-electron chi connectivity index (χ2n) is 6.45. The number of aromatic carboxylic acids is 1. The Balaban J connectivity index is 2.08. The lowest BCUT2D eigenvalue weighted by molar-refractivity contribution is 0.0690. The van der Waals surface area contributed by atoms with Crippen LogP contribution in [0.5, 0.6) is 0 Å². The van der Waals surface area contributed by atoms with E-state index in [4.69, 9.17) is 5.73 Å². The monoisotopic (exact) mass is 289 g/mol. The van der Waals surface area contributed by atoms with E-state index < -0.39 is 5.97 Å². The summed E-state index contributed by atoms with van der Waals surface area (Å²) in [5.41, 5.74) is 6.61. The van der Waals surface area contributed by atoms with E-state index in [1.54, 1.807) is 4.68 Å². The molecule has 7 heteroatoms. The summed E-state index contributed by atoms with van der Waals surface area (Å²) in [6.07, 6.45) is 5.46. The third-order valence-electron chi connectivity index (χ3n) is 4.38. The standard InChI is InChI=1S/C14H19N5O2/c1-14(2)5-3-8(4-6-14)19-12-9(10(18-19)13(20)21)11(15)16-7-17-12/h7-8H,3-6H2,1-2H3,(H,20,21)(H2,15,16,17). The number of nitrogens with two attached hydrogens (primary N) is 1. The molecule has 1 saturated carbocycles. The number of aromatic nitrogens is 4. The minimum atomic E-state index is -1.10. The molecule has 0 radical (unpaired) electrons. The van der Waals surface area contributed by atoms with Gasteiger partial charge in [-0.1, -0.05) is 13.8 Å². The normalized spacial score (nSPS) is 19.0. The fraction of sp³-hybridized carbons (Fsp3) is 0.571. The Labute approximate surface area is 122 Å². The summed E-state index contributed by atoms with van der Waals surface area (Å²) < 4.78 is 1.73. The van der Waals surface area contributed by atoms with Gasteiger partial charge in [0.1, 0.15) is 12.1 Å². The highest BCUT2D eigenvalue weighted by molar-refractivity contribution is 6.04. The number of carbonyl (C=O) groups is 1. The average molecular weight is 289 g/mol. The molecular weight excluding hydrogens is 270 g/mol. The Morgan fingerprint density at radius 2 is 2.05 bits per heavy atom. The summed E-state index contributed by atoms with van der Waals surface area (Å²) in [6, 6.07) is 0.169. The van der Waals surface area contributed by atoms with Gasteiger partial charge in [0.15, 0.2) is 11.3 Å². The third kappa shape index (κ3) is 2.32. The molecule has 1 aliphatic rings. The lowest BCUT2D eigenvalue weighted by atomic mass is 9.75. The van der Waals surface area contributed by atoms with Gasteiger partial charge in [-0.15, -0.1) is 0 Å². The van der Waals surface area contributed by atoms with Crippen LogP contribution in [-0.2, 0) is 0 Å². The van der Waals surface area contributed by atoms with Crippen LogP contribution in [0.15, 0.2) is 6.33 Å². The van der Waals surface area contributed by atoms with Gasteiger partial charge in [0, 0.05) is 0 Å². The van der Waals surface area contributed by atoms with Crippen molar-refractivity contribution in [1.29, 1.82) is 0 Å². The van der Waals surface area contributed by atoms with E-state index in [9.17, 15) is 9.90 Å². The van der Waals surface area contributed by atoms with E-state index in [-0.39, 0.29) is 17.6 Å². The molecule has 0 aliphatic heterocycles. The Morgan fingerprint density at radius 1 is 1.38 bits per heavy atom. The first-order valence-electron chi connectivity index (χ1n) is 7.11. The fourth-order valence-corrected chi connectivity index (χ4v) is 3.03. The third-order valence-corrected chi connectivity index (χ3v) is 4.38. The van der Waals surface area contributed by atoms with Gasteiger partial charge >= 0.3 is 5.97 Å². The second-order valence-corrected chi connectivity index (χ2v) is 6.45. The molecule has 21 heavy (non-hydrogen) atoms. The molecule has 7 nitrogen and oxygen atoms in total. The van der Waals surface area contributed by atoms with Crippen LogP contribution in [0.3, 0.4) is 0 Å². The SMILES string of the molecule is CC1(C)CCC(n2nc(C(=O)O)c3c(N)ncnc32)CC1. The number of carboxylic acids is 1. The van der Waals surface area contributed by atoms with Crippen LogP contribution < -0.4 is 5.73 Å². The summed E-state index contributed by atoms with van der Waals surface area (Å²) in [6.45, 7) is 4.51. The molecule has 0 spiro atoms. The zero-order valence-corrected chi connectivity index (χ0v) is 12.2. The zero-order valence-electron chi connectivity index (χ0n) is 12.2. The Kier molecular flexibility index (Phi) is 3.07. The van der Waals surface area contributed by atoms with E-state index >= 15 is 0 Å². The number of fused-ring (bicyclic) bond motifs is 1. The largest absolute Gasteiger partial charge is 0.476 e. The van der Waals surface area contributed by atoms with Crippen LogP contribution in [0.1, 0.15) is 56.1 Å². The molecule has 2 aromatic rings. The minimum Gasteiger partial charge on any atom is -0.476 e. The summed E-state index contributed by atoms with van der Waals surface area (Å²) in [5.74, 6) is -0.934. The Morgan fingerprint density at radius 3 is 2.67 bits per heavy atom. The van der Waals surface area contributed by atoms with Crippen LogP contribution in [0.4, 0.5) is 5.82 Å². The van der Waals surface area contributed by atoms with E-state index in [1.807, 2.05) is 0 Å². The van der Waals surface area contributed by atoms with Crippen molar-refractivity contribution in [2.45, 2.75) is 45.6 Å². The van der Waals surface area contributed by atoms with E-state index in [2.05, 4.69) is 28.9 Å². The number of hydrogen-bond donors (Lipinski definition) is 2. The molecule has 0 saturated heterocycles. The molecule has 1 aliphatic carbocycles. The predicted octanol–water partition coefficient (Wildman–Crippen LogP) is 2.25. The number of nitrogens with zero attached hydrogens (tertiary/aromatic N) is 4. The van der Waals surface area contributed by atoms with Gasteiger partial charge in [0.25, 0.3) is 0 Å². The number of hydrogen-bond acceptors (Lipinski definition) is 5. The highest BCUT2D eigenvalue weighted by Crippen LogP contribution is 2.41. The summed E-state index contributed by atoms with van der Waals surface area (Å²) in [4.78, 5) is 19.5. The minimum absolute atomic E-state index is 0.0621. The molecule has 0 amide bonds. The summed E-state index contributed by atoms with van der Waals surface area (Å²) >= 11 is 0. The van der Waals surface area contributed by atoms with Crippen molar-refractivity contribution in [2.75, 3.05) is 5.73 Å². The van der Waals surface area contributed by atoms with Crippen molar-refractivity contribution in [3.05, 3.63) is 12.0 Å². The van der Waals surface area contributed by atoms with Gasteiger partial charge in [-0.2, -0.15) is 5.10 Å². The predicted molar refractivity (Wildman–Crippen MR) is 78.0 cm³/mol. The van der Waals surface area contributed by atoms with E-state index in [1.165, 1.54) is 6.33 Å². The number of rotatable bonds is 2. The summed E-state index contributed by atoms with van der Waals surface area (Å²) in [5, 5.41) is 13.9. The quantitative estimate of drug-likeness (QED) is 0.878. The van der Waals surface area contributed by atoms with Crippen molar-refractivity contribution < 1.29 is 9.90 Å². The Bertz CT molecular complexity index is 697. The topological polar surface area (TPSA) is 107 Å². The number of nitrogen functional groups attached to an aromatic ring is 1. The maximum atomic E-state index is 11.4. The van der Waals surface area contributed by atoms with Crippen LogP contribution >= 0.6 is 0 Å². The molecule has 1 fully saturated rings. The molecule has 0 atom stereocenters. The maximum Gasteiger partial charge on any atom is 0.357 e. The first kappa shape index (κ1) is 13.8. The molecule has 3 N–H and O–H groups in total. The van der Waals surface area contributed by atoms with Crippen LogP contribution in [0, 0.1) is 5.41 Å². The molecule has 0 unspecified atom stereocenters. The lowest BCUT2D eigenvalue weighted by Crippen LogP contribution is -2.24. The van der Waals surface area contributed by atoms with Gasteiger partial charge in [-0.3, -0.25) is 0 Å². The highest BCUT2D eigenvalue weighted by Gasteiger charge is 2.31. The smallest absolute Gasteiger partial charge is 0.357 e. The van der Waals surface area contributed by atoms with Gasteiger partial charge in [-0.25, -0.2) is 19.4 Å². The van der Waals surface area contributed by atoms with E-state index in [0.717, 1.165) is 25.7 Å². The van der Waals surface area contributed by atoms with E-state index in [0.29, 0.717) is 16.4 Å². The van der Waals surface area contributed by atoms with Gasteiger partial charge in [-0.05, 0) is 31.1 Å². The molecule has 0 aromatic carbocycles. The number of anilines is 1. The van der Waals surface area contributed by atoms with Crippen molar-refractivity contribution in [3.63, 3.8) is 0 Å². The van der Waals surface area contributed by atoms with Crippen molar-refractivity contribution in [2.24, 2.45) is 5.41 Å². The maximum absolute atomic E-state index is 11.4. The van der Waals surface area contributed by atoms with Crippen LogP contribution in [0.2, 0.25) is 0 Å². The molecule has 2 heterocycles. The fourth-order valence-electron chi connectivity index (χ4n) is 3.03. The second kappa shape index (κ2) is 4.68. The zero-order chi connectivity index (χ0) is 15.2. The van der Waals surface area contributed by atoms with Crippen molar-refractivity contribution >= 4 is 22.8 Å². The first-order chi connectivity index (χ1) is 9.89. The van der Waals surface area contributed by atoms with Gasteiger partial charge < -0.3 is 10.8 Å². The van der Waals surface area contributed by atoms with Crippen LogP contribution in [-0.4, -0.2) is 30.8 Å². The van der Waals surface area contributed by atoms with Gasteiger partial charge in [0.2, 0.25) is 0 Å². The number of carboxylic acid groups (broad SMARTS) is 1. The molecular formula is C14H19N5O2. The van der Waals surface area contributed by atoms with Crippen molar-refractivity contribution in [3.8, 4) is 0 Å². The lowest BCUT2D eigenvalue weighted by Gasteiger charge is -2.34. The molecule has 0 bridgehead atoms. The Hall–Kier alpha value is -2.18. The summed E-state index contributed by atoms with van der Waals surface area (Å²) in [7, 11) is 0. The van der Waals surface area contributed by atoms with Crippen molar-refractivity contribution in [1.82, 2.24) is 19.7 Å². The van der Waals surface area contributed by atoms with Crippen LogP contribution in [0.25, 0.3) is 11.0 Å². The average Bonchev–Trinajstić information content (AvgIpc) is 2.80. The van der Waals surface area contributed by atoms with Gasteiger partial charge in [0.05, 0.1) is 11.4 Å². The molecule has 3 rings (SSSR count).